The van der Waals surface area contributed by atoms with Crippen molar-refractivity contribution in [1.29, 1.82) is 0 Å². The van der Waals surface area contributed by atoms with Crippen molar-refractivity contribution in [2.45, 2.75) is 45.1 Å². The summed E-state index contributed by atoms with van der Waals surface area (Å²) >= 11 is 8.35. The molecule has 0 N–H and O–H groups in total. The van der Waals surface area contributed by atoms with Crippen molar-refractivity contribution >= 4 is 40.2 Å². The van der Waals surface area contributed by atoms with Crippen LogP contribution in [0.4, 0.5) is 0 Å². The molecular formula is C19H22ClIN2O4. The number of nitrogens with zero attached hydrogens (tertiary/aromatic N) is 2. The molecule has 8 heteroatoms. The number of esters is 1. The third-order valence-electron chi connectivity index (χ3n) is 4.35. The smallest absolute Gasteiger partial charge is 0.340 e. The van der Waals surface area contributed by atoms with Gasteiger partial charge in [-0.25, -0.2) is 9.78 Å². The van der Waals surface area contributed by atoms with E-state index < -0.39 is 12.1 Å². The molecule has 1 aliphatic heterocycles. The minimum absolute atomic E-state index is 0.245. The largest absolute Gasteiger partial charge is 0.454 e. The number of carbonyl (C=O) groups excluding carboxylic acids is 1. The van der Waals surface area contributed by atoms with Crippen LogP contribution in [-0.4, -0.2) is 41.1 Å². The average molecular weight is 505 g/mol. The van der Waals surface area contributed by atoms with Crippen LogP contribution in [0.2, 0.25) is 5.02 Å². The standard InChI is InChI=1S/C19H22ClIN2O4/c1-13-22-7-8-23(13)11-15(12-26-18-4-2-3-9-25-18)27-19(24)16-6-5-14(21)10-17(16)20/h5-8,10,15,18H,2-4,9,11-12H2,1H3/t15-,18?/m1/s1. The molecule has 1 unspecified atom stereocenters. The number of halogens is 2. The summed E-state index contributed by atoms with van der Waals surface area (Å²) in [5.41, 5.74) is 0.346. The van der Waals surface area contributed by atoms with E-state index in [1.165, 1.54) is 0 Å². The molecule has 1 aromatic carbocycles. The Labute approximate surface area is 177 Å². The first-order chi connectivity index (χ1) is 13.0. The first-order valence-electron chi connectivity index (χ1n) is 8.90. The molecule has 6 nitrogen and oxygen atoms in total. The highest BCUT2D eigenvalue weighted by Gasteiger charge is 2.22. The topological polar surface area (TPSA) is 62.6 Å². The van der Waals surface area contributed by atoms with Crippen LogP contribution in [0.3, 0.4) is 0 Å². The van der Waals surface area contributed by atoms with Gasteiger partial charge in [-0.3, -0.25) is 0 Å². The van der Waals surface area contributed by atoms with Gasteiger partial charge in [0.25, 0.3) is 0 Å². The molecule has 3 rings (SSSR count). The van der Waals surface area contributed by atoms with E-state index in [4.69, 9.17) is 25.8 Å². The number of aryl methyl sites for hydroxylation is 1. The minimum atomic E-state index is -0.480. The lowest BCUT2D eigenvalue weighted by atomic mass is 10.2. The normalized spacial score (nSPS) is 18.3. The van der Waals surface area contributed by atoms with Gasteiger partial charge in [0, 0.05) is 22.6 Å². The predicted molar refractivity (Wildman–Crippen MR) is 110 cm³/mol. The Morgan fingerprint density at radius 2 is 2.33 bits per heavy atom. The SMILES string of the molecule is Cc1nccn1C[C@H](COC1CCCCO1)OC(=O)c1ccc(I)cc1Cl. The third kappa shape index (κ3) is 5.91. The van der Waals surface area contributed by atoms with Gasteiger partial charge in [0.2, 0.25) is 0 Å². The van der Waals surface area contributed by atoms with Gasteiger partial charge in [0.05, 0.1) is 23.7 Å². The summed E-state index contributed by atoms with van der Waals surface area (Å²) in [6.07, 6.45) is 5.83. The van der Waals surface area contributed by atoms with E-state index >= 15 is 0 Å². The summed E-state index contributed by atoms with van der Waals surface area (Å²) in [7, 11) is 0. The molecule has 0 saturated carbocycles. The van der Waals surface area contributed by atoms with Crippen LogP contribution >= 0.6 is 34.2 Å². The van der Waals surface area contributed by atoms with Crippen molar-refractivity contribution in [3.63, 3.8) is 0 Å². The van der Waals surface area contributed by atoms with E-state index in [2.05, 4.69) is 27.6 Å². The van der Waals surface area contributed by atoms with Crippen molar-refractivity contribution in [1.82, 2.24) is 9.55 Å². The van der Waals surface area contributed by atoms with Crippen LogP contribution in [0, 0.1) is 10.5 Å². The van der Waals surface area contributed by atoms with Crippen molar-refractivity contribution in [3.8, 4) is 0 Å². The number of ether oxygens (including phenoxy) is 3. The summed E-state index contributed by atoms with van der Waals surface area (Å²) in [5.74, 6) is 0.379. The highest BCUT2D eigenvalue weighted by molar-refractivity contribution is 14.1. The van der Waals surface area contributed by atoms with Gasteiger partial charge >= 0.3 is 5.97 Å². The predicted octanol–water partition coefficient (Wildman–Crippen LogP) is 4.22. The molecule has 146 valence electrons. The number of hydrogen-bond donors (Lipinski definition) is 0. The van der Waals surface area contributed by atoms with Crippen molar-refractivity contribution in [2.24, 2.45) is 0 Å². The van der Waals surface area contributed by atoms with Crippen LogP contribution < -0.4 is 0 Å². The first-order valence-corrected chi connectivity index (χ1v) is 10.4. The highest BCUT2D eigenvalue weighted by atomic mass is 127. The monoisotopic (exact) mass is 504 g/mol. The van der Waals surface area contributed by atoms with Gasteiger partial charge in [0.1, 0.15) is 11.9 Å². The van der Waals surface area contributed by atoms with E-state index in [0.717, 1.165) is 28.7 Å². The zero-order valence-electron chi connectivity index (χ0n) is 15.1. The number of benzene rings is 1. The lowest BCUT2D eigenvalue weighted by Gasteiger charge is -2.26. The Hall–Kier alpha value is -1.16. The first kappa shape index (κ1) is 20.6. The summed E-state index contributed by atoms with van der Waals surface area (Å²) in [4.78, 5) is 16.8. The summed E-state index contributed by atoms with van der Waals surface area (Å²) in [5, 5.41) is 0.376. The molecule has 0 aliphatic carbocycles. The molecule has 1 aromatic heterocycles. The molecule has 1 saturated heterocycles. The molecule has 0 amide bonds. The molecule has 0 bridgehead atoms. The zero-order valence-corrected chi connectivity index (χ0v) is 18.0. The third-order valence-corrected chi connectivity index (χ3v) is 5.34. The average Bonchev–Trinajstić information content (AvgIpc) is 3.05. The number of imidazole rings is 1. The molecule has 0 spiro atoms. The summed E-state index contributed by atoms with van der Waals surface area (Å²) in [6.45, 7) is 3.30. The minimum Gasteiger partial charge on any atom is -0.454 e. The molecule has 2 aromatic rings. The zero-order chi connectivity index (χ0) is 19.2. The molecule has 1 aliphatic rings. The maximum atomic E-state index is 12.6. The van der Waals surface area contributed by atoms with Gasteiger partial charge in [-0.1, -0.05) is 11.6 Å². The van der Waals surface area contributed by atoms with Gasteiger partial charge in [-0.05, 0) is 67.0 Å². The van der Waals surface area contributed by atoms with Crippen LogP contribution in [0.5, 0.6) is 0 Å². The second-order valence-corrected chi connectivity index (χ2v) is 8.06. The fraction of sp³-hybridized carbons (Fsp3) is 0.474. The maximum absolute atomic E-state index is 12.6. The second kappa shape index (κ2) is 9.86. The summed E-state index contributed by atoms with van der Waals surface area (Å²) < 4.78 is 20.1. The van der Waals surface area contributed by atoms with Crippen LogP contribution in [0.1, 0.15) is 35.4 Å². The van der Waals surface area contributed by atoms with Gasteiger partial charge in [0.15, 0.2) is 6.29 Å². The van der Waals surface area contributed by atoms with Crippen molar-refractivity contribution in [2.75, 3.05) is 13.2 Å². The highest BCUT2D eigenvalue weighted by Crippen LogP contribution is 2.21. The van der Waals surface area contributed by atoms with Crippen LogP contribution in [0.15, 0.2) is 30.6 Å². The van der Waals surface area contributed by atoms with Crippen LogP contribution in [0.25, 0.3) is 0 Å². The van der Waals surface area contributed by atoms with Crippen molar-refractivity contribution < 1.29 is 19.0 Å². The number of aromatic nitrogens is 2. The molecule has 1 fully saturated rings. The molecule has 2 atom stereocenters. The Kier molecular flexibility index (Phi) is 7.51. The number of carbonyl (C=O) groups is 1. The molecule has 2 heterocycles. The Bertz CT molecular complexity index is 777. The van der Waals surface area contributed by atoms with Gasteiger partial charge < -0.3 is 18.8 Å². The lowest BCUT2D eigenvalue weighted by Crippen LogP contribution is -2.32. The van der Waals surface area contributed by atoms with E-state index in [1.54, 1.807) is 18.3 Å². The Morgan fingerprint density at radius 3 is 3.00 bits per heavy atom. The lowest BCUT2D eigenvalue weighted by molar-refractivity contribution is -0.176. The quantitative estimate of drug-likeness (QED) is 0.417. The van der Waals surface area contributed by atoms with E-state index in [9.17, 15) is 4.79 Å². The van der Waals surface area contributed by atoms with E-state index in [1.807, 2.05) is 23.8 Å². The van der Waals surface area contributed by atoms with Crippen LogP contribution in [-0.2, 0) is 20.8 Å². The van der Waals surface area contributed by atoms with Gasteiger partial charge in [-0.15, -0.1) is 0 Å². The van der Waals surface area contributed by atoms with E-state index in [0.29, 0.717) is 23.7 Å². The van der Waals surface area contributed by atoms with Gasteiger partial charge in [-0.2, -0.15) is 0 Å². The maximum Gasteiger partial charge on any atom is 0.340 e. The second-order valence-electron chi connectivity index (χ2n) is 6.41. The molecule has 27 heavy (non-hydrogen) atoms. The number of rotatable bonds is 7. The Morgan fingerprint density at radius 1 is 1.48 bits per heavy atom. The molecular weight excluding hydrogens is 483 g/mol. The van der Waals surface area contributed by atoms with E-state index in [-0.39, 0.29) is 12.9 Å². The number of hydrogen-bond acceptors (Lipinski definition) is 5. The fourth-order valence-electron chi connectivity index (χ4n) is 2.87. The fourth-order valence-corrected chi connectivity index (χ4v) is 3.80. The molecule has 0 radical (unpaired) electrons. The van der Waals surface area contributed by atoms with Crippen molar-refractivity contribution in [3.05, 3.63) is 50.6 Å². The Balaban J connectivity index is 1.67. The summed E-state index contributed by atoms with van der Waals surface area (Å²) in [6, 6.07) is 5.24.